The number of alkyl halides is 1. The molecule has 1 aliphatic rings. The zero-order valence-corrected chi connectivity index (χ0v) is 7.10. The van der Waals surface area contributed by atoms with Crippen LogP contribution in [0.15, 0.2) is 0 Å². The van der Waals surface area contributed by atoms with Gasteiger partial charge in [0.2, 0.25) is 11.8 Å². The fraction of sp³-hybridized carbons (Fsp3) is 0.714. The van der Waals surface area contributed by atoms with Crippen LogP contribution >= 0.6 is 11.6 Å². The number of nitrogens with zero attached hydrogens (tertiary/aromatic N) is 1. The van der Waals surface area contributed by atoms with Gasteiger partial charge in [-0.2, -0.15) is 0 Å². The predicted octanol–water partition coefficient (Wildman–Crippen LogP) is 1.11. The molecule has 0 saturated carbocycles. The number of hydrogen-bond acceptors (Lipinski definition) is 2. The third-order valence-corrected chi connectivity index (χ3v) is 2.21. The van der Waals surface area contributed by atoms with Crippen LogP contribution in [0.3, 0.4) is 0 Å². The maximum atomic E-state index is 11.0. The minimum Gasteiger partial charge on any atom is -0.274 e. The van der Waals surface area contributed by atoms with Crippen molar-refractivity contribution in [2.75, 3.05) is 0 Å². The first-order valence-electron chi connectivity index (χ1n) is 3.65. The Kier molecular flexibility index (Phi) is 2.49. The second kappa shape index (κ2) is 3.22. The Hall–Kier alpha value is -0.570. The molecule has 62 valence electrons. The molecule has 11 heavy (non-hydrogen) atoms. The molecule has 1 fully saturated rings. The summed E-state index contributed by atoms with van der Waals surface area (Å²) in [6.07, 6.45) is 1.25. The summed E-state index contributed by atoms with van der Waals surface area (Å²) in [6, 6.07) is 0. The van der Waals surface area contributed by atoms with Crippen LogP contribution in [0.25, 0.3) is 0 Å². The molecule has 0 aromatic rings. The molecule has 0 aromatic carbocycles. The minimum atomic E-state index is -0.447. The lowest BCUT2D eigenvalue weighted by atomic mass is 10.4. The van der Waals surface area contributed by atoms with E-state index in [2.05, 4.69) is 0 Å². The van der Waals surface area contributed by atoms with Gasteiger partial charge >= 0.3 is 0 Å². The van der Waals surface area contributed by atoms with Gasteiger partial charge in [0, 0.05) is 12.8 Å². The topological polar surface area (TPSA) is 37.4 Å². The summed E-state index contributed by atoms with van der Waals surface area (Å²) >= 11 is 5.75. The third kappa shape index (κ3) is 1.53. The molecule has 4 heteroatoms. The third-order valence-electron chi connectivity index (χ3n) is 1.71. The average molecular weight is 176 g/mol. The van der Waals surface area contributed by atoms with Gasteiger partial charge in [-0.15, -0.1) is 0 Å². The highest BCUT2D eigenvalue weighted by Gasteiger charge is 2.32. The van der Waals surface area contributed by atoms with Crippen molar-refractivity contribution in [3.8, 4) is 0 Å². The van der Waals surface area contributed by atoms with Gasteiger partial charge in [-0.3, -0.25) is 14.5 Å². The fourth-order valence-electron chi connectivity index (χ4n) is 1.09. The second-order valence-electron chi connectivity index (χ2n) is 2.50. The highest BCUT2D eigenvalue weighted by molar-refractivity contribution is 6.23. The first-order chi connectivity index (χ1) is 5.16. The molecule has 0 spiro atoms. The van der Waals surface area contributed by atoms with E-state index in [9.17, 15) is 9.59 Å². The highest BCUT2D eigenvalue weighted by atomic mass is 35.5. The molecule has 0 N–H and O–H groups in total. The van der Waals surface area contributed by atoms with E-state index < -0.39 is 5.50 Å². The van der Waals surface area contributed by atoms with E-state index in [1.54, 1.807) is 0 Å². The molecular weight excluding hydrogens is 166 g/mol. The standard InChI is InChI=1S/C7H10ClNO2/c1-2-5(8)9-6(10)3-4-7(9)11/h5H,2-4H2,1H3/t5-/m0/s1. The Bertz CT molecular complexity index is 177. The van der Waals surface area contributed by atoms with Crippen LogP contribution < -0.4 is 0 Å². The molecule has 3 nitrogen and oxygen atoms in total. The molecular formula is C7H10ClNO2. The van der Waals surface area contributed by atoms with Crippen LogP contribution in [0, 0.1) is 0 Å². The van der Waals surface area contributed by atoms with E-state index in [0.717, 1.165) is 4.90 Å². The van der Waals surface area contributed by atoms with Crippen molar-refractivity contribution in [2.24, 2.45) is 0 Å². The number of rotatable bonds is 2. The minimum absolute atomic E-state index is 0.142. The molecule has 0 bridgehead atoms. The molecule has 1 saturated heterocycles. The van der Waals surface area contributed by atoms with Crippen molar-refractivity contribution in [1.29, 1.82) is 0 Å². The molecule has 0 aliphatic carbocycles. The lowest BCUT2D eigenvalue weighted by Crippen LogP contribution is -2.35. The Morgan fingerprint density at radius 2 is 1.91 bits per heavy atom. The summed E-state index contributed by atoms with van der Waals surface area (Å²) in [6.45, 7) is 1.84. The summed E-state index contributed by atoms with van der Waals surface area (Å²) in [7, 11) is 0. The monoisotopic (exact) mass is 175 g/mol. The largest absolute Gasteiger partial charge is 0.274 e. The summed E-state index contributed by atoms with van der Waals surface area (Å²) in [5.74, 6) is -0.284. The zero-order valence-electron chi connectivity index (χ0n) is 6.34. The van der Waals surface area contributed by atoms with E-state index >= 15 is 0 Å². The number of carbonyl (C=O) groups is 2. The lowest BCUT2D eigenvalue weighted by Gasteiger charge is -2.18. The van der Waals surface area contributed by atoms with Crippen LogP contribution in [0.5, 0.6) is 0 Å². The Morgan fingerprint density at radius 1 is 1.45 bits per heavy atom. The fourth-order valence-corrected chi connectivity index (χ4v) is 1.31. The number of hydrogen-bond donors (Lipinski definition) is 0. The maximum Gasteiger partial charge on any atom is 0.230 e. The molecule has 1 aliphatic heterocycles. The molecule has 2 amide bonds. The van der Waals surface area contributed by atoms with Gasteiger partial charge in [0.15, 0.2) is 0 Å². The number of amides is 2. The van der Waals surface area contributed by atoms with Crippen LogP contribution in [-0.4, -0.2) is 22.2 Å². The second-order valence-corrected chi connectivity index (χ2v) is 3.00. The normalized spacial score (nSPS) is 21.1. The summed E-state index contributed by atoms with van der Waals surface area (Å²) in [5.41, 5.74) is -0.447. The predicted molar refractivity (Wildman–Crippen MR) is 41.0 cm³/mol. The smallest absolute Gasteiger partial charge is 0.230 e. The number of carbonyl (C=O) groups excluding carboxylic acids is 2. The van der Waals surface area contributed by atoms with Gasteiger partial charge in [0.05, 0.1) is 0 Å². The van der Waals surface area contributed by atoms with E-state index in [1.807, 2.05) is 6.92 Å². The lowest BCUT2D eigenvalue weighted by molar-refractivity contribution is -0.139. The summed E-state index contributed by atoms with van der Waals surface area (Å²) in [4.78, 5) is 23.2. The van der Waals surface area contributed by atoms with Gasteiger partial charge in [0.25, 0.3) is 0 Å². The van der Waals surface area contributed by atoms with E-state index in [-0.39, 0.29) is 11.8 Å². The molecule has 1 heterocycles. The van der Waals surface area contributed by atoms with E-state index in [4.69, 9.17) is 11.6 Å². The van der Waals surface area contributed by atoms with Crippen molar-refractivity contribution in [3.05, 3.63) is 0 Å². The van der Waals surface area contributed by atoms with Crippen molar-refractivity contribution in [2.45, 2.75) is 31.7 Å². The van der Waals surface area contributed by atoms with E-state index in [1.165, 1.54) is 0 Å². The quantitative estimate of drug-likeness (QED) is 0.358. The Balaban J connectivity index is 2.68. The first-order valence-corrected chi connectivity index (χ1v) is 4.09. The van der Waals surface area contributed by atoms with Crippen LogP contribution in [-0.2, 0) is 9.59 Å². The number of likely N-dealkylation sites (tertiary alicyclic amines) is 1. The summed E-state index contributed by atoms with van der Waals surface area (Å²) in [5, 5.41) is 0. The van der Waals surface area contributed by atoms with Gasteiger partial charge in [0.1, 0.15) is 5.50 Å². The Morgan fingerprint density at radius 3 is 2.27 bits per heavy atom. The van der Waals surface area contributed by atoms with Crippen LogP contribution in [0.2, 0.25) is 0 Å². The van der Waals surface area contributed by atoms with Crippen molar-refractivity contribution < 1.29 is 9.59 Å². The molecule has 0 radical (unpaired) electrons. The maximum absolute atomic E-state index is 11.0. The first kappa shape index (κ1) is 8.53. The Labute approximate surface area is 70.3 Å². The molecule has 1 atom stereocenters. The highest BCUT2D eigenvalue weighted by Crippen LogP contribution is 2.19. The van der Waals surface area contributed by atoms with Gasteiger partial charge < -0.3 is 0 Å². The number of halogens is 1. The molecule has 0 unspecified atom stereocenters. The molecule has 1 rings (SSSR count). The van der Waals surface area contributed by atoms with Crippen molar-refractivity contribution in [3.63, 3.8) is 0 Å². The summed E-state index contributed by atoms with van der Waals surface area (Å²) < 4.78 is 0. The van der Waals surface area contributed by atoms with Crippen LogP contribution in [0.1, 0.15) is 26.2 Å². The van der Waals surface area contributed by atoms with Gasteiger partial charge in [-0.25, -0.2) is 0 Å². The average Bonchev–Trinajstić information content (AvgIpc) is 2.30. The zero-order chi connectivity index (χ0) is 8.43. The SMILES string of the molecule is CC[C@@H](Cl)N1C(=O)CCC1=O. The van der Waals surface area contributed by atoms with Crippen LogP contribution in [0.4, 0.5) is 0 Å². The van der Waals surface area contributed by atoms with Crippen molar-refractivity contribution in [1.82, 2.24) is 4.90 Å². The van der Waals surface area contributed by atoms with E-state index in [0.29, 0.717) is 19.3 Å². The van der Waals surface area contributed by atoms with Gasteiger partial charge in [-0.05, 0) is 6.42 Å². The van der Waals surface area contributed by atoms with Crippen molar-refractivity contribution >= 4 is 23.4 Å². The number of imide groups is 1. The molecule has 0 aromatic heterocycles. The van der Waals surface area contributed by atoms with Gasteiger partial charge in [-0.1, -0.05) is 18.5 Å².